The van der Waals surface area contributed by atoms with Crippen LogP contribution in [-0.2, 0) is 14.3 Å². The van der Waals surface area contributed by atoms with Gasteiger partial charge in [-0.25, -0.2) is 18.4 Å². The second-order valence-electron chi connectivity index (χ2n) is 5.48. The largest absolute Gasteiger partial charge is 0.424 e. The third kappa shape index (κ3) is 3.93. The fraction of sp³-hybridized carbons (Fsp3) is 0.158. The Hall–Kier alpha value is -3.09. The van der Waals surface area contributed by atoms with Gasteiger partial charge in [-0.3, -0.25) is 0 Å². The number of carbonyl (C=O) groups is 2. The van der Waals surface area contributed by atoms with Gasteiger partial charge in [-0.1, -0.05) is 20.1 Å². The number of halogens is 3. The van der Waals surface area contributed by atoms with Gasteiger partial charge in [0.15, 0.2) is 17.4 Å². The van der Waals surface area contributed by atoms with Gasteiger partial charge in [-0.05, 0) is 30.2 Å². The maximum Gasteiger partial charge on any atom is 0.335 e. The van der Waals surface area contributed by atoms with Crippen molar-refractivity contribution in [2.75, 3.05) is 0 Å². The van der Waals surface area contributed by atoms with E-state index in [0.29, 0.717) is 0 Å². The number of hydrogen-bond acceptors (Lipinski definition) is 4. The van der Waals surface area contributed by atoms with E-state index in [9.17, 15) is 22.8 Å². The summed E-state index contributed by atoms with van der Waals surface area (Å²) in [5.41, 5.74) is -0.0107. The number of allylic oxidation sites excluding steroid dienone is 4. The summed E-state index contributed by atoms with van der Waals surface area (Å²) in [7, 11) is 0. The molecule has 1 aliphatic carbocycles. The second-order valence-corrected chi connectivity index (χ2v) is 5.48. The first-order valence-corrected chi connectivity index (χ1v) is 7.55. The van der Waals surface area contributed by atoms with Crippen molar-refractivity contribution in [3.63, 3.8) is 0 Å². The van der Waals surface area contributed by atoms with Crippen LogP contribution < -0.4 is 4.74 Å². The minimum atomic E-state index is -1.38. The van der Waals surface area contributed by atoms with Crippen LogP contribution in [0.1, 0.15) is 18.9 Å². The van der Waals surface area contributed by atoms with E-state index in [1.165, 1.54) is 6.07 Å². The maximum atomic E-state index is 14.3. The van der Waals surface area contributed by atoms with E-state index < -0.39 is 41.1 Å². The molecule has 7 heteroatoms. The number of hydrogen-bond donors (Lipinski definition) is 0. The lowest BCUT2D eigenvalue weighted by Crippen LogP contribution is -2.14. The minimum absolute atomic E-state index is 0.106. The van der Waals surface area contributed by atoms with Gasteiger partial charge in [0, 0.05) is 23.6 Å². The summed E-state index contributed by atoms with van der Waals surface area (Å²) in [4.78, 5) is 22.4. The first-order chi connectivity index (χ1) is 12.3. The maximum absolute atomic E-state index is 14.3. The summed E-state index contributed by atoms with van der Waals surface area (Å²) in [6.07, 6.45) is 2.78. The Balaban J connectivity index is 2.40. The van der Waals surface area contributed by atoms with E-state index in [1.807, 2.05) is 0 Å². The van der Waals surface area contributed by atoms with Crippen LogP contribution in [0.25, 0.3) is 5.57 Å². The van der Waals surface area contributed by atoms with Crippen LogP contribution in [-0.4, -0.2) is 11.9 Å². The van der Waals surface area contributed by atoms with Gasteiger partial charge in [0.05, 0.1) is 0 Å². The van der Waals surface area contributed by atoms with Crippen molar-refractivity contribution in [2.45, 2.75) is 13.3 Å². The highest BCUT2D eigenvalue weighted by Gasteiger charge is 2.27. The summed E-state index contributed by atoms with van der Waals surface area (Å²) in [5.74, 6) is -6.66. The third-order valence-corrected chi connectivity index (χ3v) is 3.66. The molecule has 0 radical (unpaired) electrons. The zero-order chi connectivity index (χ0) is 19.4. The molecule has 136 valence electrons. The van der Waals surface area contributed by atoms with E-state index in [4.69, 9.17) is 4.74 Å². The van der Waals surface area contributed by atoms with Gasteiger partial charge in [0.1, 0.15) is 5.76 Å². The first kappa shape index (κ1) is 19.2. The predicted molar refractivity (Wildman–Crippen MR) is 88.4 cm³/mol. The monoisotopic (exact) mass is 364 g/mol. The van der Waals surface area contributed by atoms with Crippen molar-refractivity contribution in [1.82, 2.24) is 0 Å². The molecule has 0 aliphatic heterocycles. The summed E-state index contributed by atoms with van der Waals surface area (Å²) >= 11 is 0. The minimum Gasteiger partial charge on any atom is -0.424 e. The van der Waals surface area contributed by atoms with Crippen molar-refractivity contribution >= 4 is 17.5 Å². The summed E-state index contributed by atoms with van der Waals surface area (Å²) < 4.78 is 52.1. The number of rotatable bonds is 5. The fourth-order valence-electron chi connectivity index (χ4n) is 2.44. The molecule has 1 aromatic rings. The highest BCUT2D eigenvalue weighted by atomic mass is 19.2. The lowest BCUT2D eigenvalue weighted by Gasteiger charge is -2.22. The zero-order valence-electron chi connectivity index (χ0n) is 13.9. The van der Waals surface area contributed by atoms with Crippen molar-refractivity contribution in [1.29, 1.82) is 0 Å². The molecule has 0 N–H and O–H groups in total. The molecule has 0 aromatic heterocycles. The quantitative estimate of drug-likeness (QED) is 0.442. The molecule has 0 amide bonds. The van der Waals surface area contributed by atoms with Gasteiger partial charge in [0.2, 0.25) is 5.82 Å². The van der Waals surface area contributed by atoms with E-state index >= 15 is 0 Å². The average Bonchev–Trinajstić information content (AvgIpc) is 2.61. The standard InChI is InChI=1S/C19H15F3O4/c1-4-15(23)25-14-7-6-12(17(21)18(14)22)11-8-10(3)19(13(20)9-11)26-16(24)5-2/h4-7,9-10H,1-2,8H2,3H3. The molecule has 0 saturated heterocycles. The normalized spacial score (nSPS) is 16.6. The van der Waals surface area contributed by atoms with E-state index in [1.54, 1.807) is 6.92 Å². The number of carbonyl (C=O) groups excluding carboxylic acids is 2. The van der Waals surface area contributed by atoms with E-state index in [2.05, 4.69) is 17.9 Å². The van der Waals surface area contributed by atoms with E-state index in [0.717, 1.165) is 24.3 Å². The molecule has 1 aromatic carbocycles. The Morgan fingerprint density at radius 2 is 1.69 bits per heavy atom. The van der Waals surface area contributed by atoms with Gasteiger partial charge >= 0.3 is 11.9 Å². The zero-order valence-corrected chi connectivity index (χ0v) is 13.9. The molecule has 0 fully saturated rings. The van der Waals surface area contributed by atoms with Crippen LogP contribution in [0.3, 0.4) is 0 Å². The van der Waals surface area contributed by atoms with Crippen molar-refractivity contribution in [3.8, 4) is 5.75 Å². The summed E-state index contributed by atoms with van der Waals surface area (Å²) in [6, 6.07) is 2.24. The molecule has 0 heterocycles. The van der Waals surface area contributed by atoms with Crippen LogP contribution in [0.5, 0.6) is 5.75 Å². The van der Waals surface area contributed by atoms with Crippen molar-refractivity contribution < 1.29 is 32.2 Å². The highest BCUT2D eigenvalue weighted by Crippen LogP contribution is 2.38. The van der Waals surface area contributed by atoms with Crippen LogP contribution in [0.15, 0.2) is 55.1 Å². The molecule has 2 rings (SSSR count). The highest BCUT2D eigenvalue weighted by molar-refractivity contribution is 5.84. The predicted octanol–water partition coefficient (Wildman–Crippen LogP) is 4.39. The van der Waals surface area contributed by atoms with Gasteiger partial charge in [-0.2, -0.15) is 4.39 Å². The van der Waals surface area contributed by atoms with Gasteiger partial charge in [0.25, 0.3) is 0 Å². The molecule has 1 unspecified atom stereocenters. The van der Waals surface area contributed by atoms with Gasteiger partial charge < -0.3 is 9.47 Å². The Labute approximate surface area is 147 Å². The van der Waals surface area contributed by atoms with Crippen LogP contribution in [0.4, 0.5) is 13.2 Å². The number of ether oxygens (including phenoxy) is 2. The number of benzene rings is 1. The van der Waals surface area contributed by atoms with Crippen molar-refractivity contribution in [3.05, 3.63) is 72.3 Å². The second kappa shape index (κ2) is 7.86. The fourth-order valence-corrected chi connectivity index (χ4v) is 2.44. The third-order valence-electron chi connectivity index (χ3n) is 3.66. The molecule has 0 bridgehead atoms. The Bertz CT molecular complexity index is 853. The topological polar surface area (TPSA) is 52.6 Å². The van der Waals surface area contributed by atoms with Crippen molar-refractivity contribution in [2.24, 2.45) is 5.92 Å². The van der Waals surface area contributed by atoms with Crippen LogP contribution in [0.2, 0.25) is 0 Å². The Morgan fingerprint density at radius 3 is 2.27 bits per heavy atom. The molecular weight excluding hydrogens is 349 g/mol. The smallest absolute Gasteiger partial charge is 0.335 e. The molecule has 26 heavy (non-hydrogen) atoms. The average molecular weight is 364 g/mol. The first-order valence-electron chi connectivity index (χ1n) is 7.55. The van der Waals surface area contributed by atoms with Gasteiger partial charge in [-0.15, -0.1) is 0 Å². The molecular formula is C19H15F3O4. The lowest BCUT2D eigenvalue weighted by atomic mass is 9.89. The molecule has 1 aliphatic rings. The van der Waals surface area contributed by atoms with E-state index in [-0.39, 0.29) is 23.3 Å². The Morgan fingerprint density at radius 1 is 1.08 bits per heavy atom. The molecule has 0 spiro atoms. The molecule has 4 nitrogen and oxygen atoms in total. The lowest BCUT2D eigenvalue weighted by molar-refractivity contribution is -0.134. The summed E-state index contributed by atoms with van der Waals surface area (Å²) in [5, 5.41) is 0. The molecule has 0 saturated carbocycles. The Kier molecular flexibility index (Phi) is 5.82. The number of esters is 2. The van der Waals surface area contributed by atoms with Crippen LogP contribution >= 0.6 is 0 Å². The van der Waals surface area contributed by atoms with Crippen LogP contribution in [0, 0.1) is 17.6 Å². The SMILES string of the molecule is C=CC(=O)OC1=C(F)C=C(c2ccc(OC(=O)C=C)c(F)c2F)CC1C. The summed E-state index contributed by atoms with van der Waals surface area (Å²) in [6.45, 7) is 7.96. The molecule has 1 atom stereocenters.